The van der Waals surface area contributed by atoms with Gasteiger partial charge in [-0.15, -0.1) is 0 Å². The normalized spacial score (nSPS) is 15.4. The Labute approximate surface area is 166 Å². The summed E-state index contributed by atoms with van der Waals surface area (Å²) in [6.07, 6.45) is 3.34. The maximum Gasteiger partial charge on any atom is 0.326 e. The molecule has 4 heterocycles. The van der Waals surface area contributed by atoms with Gasteiger partial charge in [0.25, 0.3) is 0 Å². The maximum atomic E-state index is 12.8. The number of methoxy groups -OCH3 is 1. The fraction of sp³-hybridized carbons (Fsp3) is 0.381. The Morgan fingerprint density at radius 1 is 1.24 bits per heavy atom. The lowest BCUT2D eigenvalue weighted by Crippen LogP contribution is -2.27. The molecule has 5 rings (SSSR count). The second kappa shape index (κ2) is 6.73. The van der Waals surface area contributed by atoms with Gasteiger partial charge in [-0.1, -0.05) is 5.16 Å². The van der Waals surface area contributed by atoms with Gasteiger partial charge >= 0.3 is 5.69 Å². The number of hydrogen-bond donors (Lipinski definition) is 1. The van der Waals surface area contributed by atoms with Gasteiger partial charge in [-0.3, -0.25) is 9.55 Å². The van der Waals surface area contributed by atoms with Crippen LogP contribution in [0, 0.1) is 13.8 Å². The first-order valence-corrected chi connectivity index (χ1v) is 9.70. The summed E-state index contributed by atoms with van der Waals surface area (Å²) in [5, 5.41) is 4.94. The zero-order valence-electron chi connectivity index (χ0n) is 16.6. The van der Waals surface area contributed by atoms with Crippen LogP contribution in [0.5, 0.6) is 5.75 Å². The van der Waals surface area contributed by atoms with E-state index in [1.165, 1.54) is 0 Å². The molecule has 0 spiro atoms. The summed E-state index contributed by atoms with van der Waals surface area (Å²) >= 11 is 0. The summed E-state index contributed by atoms with van der Waals surface area (Å²) in [7, 11) is 1.64. The number of pyridine rings is 1. The molecule has 0 saturated carbocycles. The van der Waals surface area contributed by atoms with Gasteiger partial charge in [-0.05, 0) is 38.8 Å². The Hall–Kier alpha value is -3.13. The highest BCUT2D eigenvalue weighted by Crippen LogP contribution is 2.39. The minimum atomic E-state index is -0.116. The van der Waals surface area contributed by atoms with Crippen molar-refractivity contribution in [2.24, 2.45) is 0 Å². The molecule has 1 saturated heterocycles. The Kier molecular flexibility index (Phi) is 4.16. The third-order valence-electron chi connectivity index (χ3n) is 5.72. The lowest BCUT2D eigenvalue weighted by molar-refractivity contribution is 0.0698. The Balaban J connectivity index is 1.81. The number of nitrogens with one attached hydrogen (secondary N) is 1. The van der Waals surface area contributed by atoms with Crippen LogP contribution in [-0.4, -0.2) is 40.0 Å². The van der Waals surface area contributed by atoms with Crippen LogP contribution in [0.3, 0.4) is 0 Å². The summed E-state index contributed by atoms with van der Waals surface area (Å²) in [6, 6.07) is 4.03. The van der Waals surface area contributed by atoms with E-state index in [1.54, 1.807) is 13.3 Å². The minimum absolute atomic E-state index is 0.101. The van der Waals surface area contributed by atoms with Gasteiger partial charge in [0.1, 0.15) is 11.5 Å². The van der Waals surface area contributed by atoms with Gasteiger partial charge in [0.05, 0.1) is 41.1 Å². The largest absolute Gasteiger partial charge is 0.496 e. The number of imidazole rings is 1. The van der Waals surface area contributed by atoms with Gasteiger partial charge in [-0.2, -0.15) is 0 Å². The number of nitrogens with zero attached hydrogens (tertiary/aromatic N) is 3. The second-order valence-corrected chi connectivity index (χ2v) is 7.43. The number of fused-ring (bicyclic) bond motifs is 3. The van der Waals surface area contributed by atoms with Gasteiger partial charge < -0.3 is 19.0 Å². The summed E-state index contributed by atoms with van der Waals surface area (Å²) in [5.74, 6) is 1.41. The fourth-order valence-corrected chi connectivity index (χ4v) is 4.36. The molecule has 1 aliphatic heterocycles. The molecule has 0 aliphatic carbocycles. The number of H-pyrrole nitrogens is 1. The van der Waals surface area contributed by atoms with Crippen molar-refractivity contribution in [3.05, 3.63) is 40.3 Å². The third-order valence-corrected chi connectivity index (χ3v) is 5.72. The molecule has 1 fully saturated rings. The van der Waals surface area contributed by atoms with Crippen molar-refractivity contribution in [3.8, 4) is 16.9 Å². The standard InChI is InChI=1S/C21H22N4O4/c1-11-19(12(2)29-24-11)15-8-16-14(9-18(15)27-3)20-17(10-22-16)23-21(26)25(20)13-4-6-28-7-5-13/h8-10,13H,4-7H2,1-3H3,(H,23,26). The summed E-state index contributed by atoms with van der Waals surface area (Å²) in [4.78, 5) is 20.3. The lowest BCUT2D eigenvalue weighted by Gasteiger charge is -2.23. The number of aromatic nitrogens is 4. The van der Waals surface area contributed by atoms with E-state index in [0.717, 1.165) is 57.4 Å². The van der Waals surface area contributed by atoms with E-state index >= 15 is 0 Å². The van der Waals surface area contributed by atoms with Crippen molar-refractivity contribution in [2.75, 3.05) is 20.3 Å². The maximum absolute atomic E-state index is 12.8. The average Bonchev–Trinajstić information content (AvgIpc) is 3.25. The first kappa shape index (κ1) is 17.9. The predicted molar refractivity (Wildman–Crippen MR) is 108 cm³/mol. The zero-order chi connectivity index (χ0) is 20.1. The van der Waals surface area contributed by atoms with E-state index in [0.29, 0.717) is 19.0 Å². The Morgan fingerprint density at radius 3 is 2.72 bits per heavy atom. The van der Waals surface area contributed by atoms with Crippen molar-refractivity contribution < 1.29 is 14.0 Å². The van der Waals surface area contributed by atoms with Gasteiger partial charge in [0.15, 0.2) is 0 Å². The number of benzene rings is 1. The van der Waals surface area contributed by atoms with Crippen molar-refractivity contribution in [1.29, 1.82) is 0 Å². The smallest absolute Gasteiger partial charge is 0.326 e. The van der Waals surface area contributed by atoms with E-state index in [-0.39, 0.29) is 11.7 Å². The van der Waals surface area contributed by atoms with Crippen LogP contribution in [0.15, 0.2) is 27.6 Å². The molecule has 0 bridgehead atoms. The van der Waals surface area contributed by atoms with Crippen LogP contribution in [0.1, 0.15) is 30.3 Å². The topological polar surface area (TPSA) is 95.2 Å². The van der Waals surface area contributed by atoms with Crippen molar-refractivity contribution in [2.45, 2.75) is 32.7 Å². The molecule has 8 nitrogen and oxygen atoms in total. The van der Waals surface area contributed by atoms with E-state index < -0.39 is 0 Å². The molecule has 0 amide bonds. The number of aromatic amines is 1. The van der Waals surface area contributed by atoms with E-state index in [9.17, 15) is 4.79 Å². The van der Waals surface area contributed by atoms with Crippen molar-refractivity contribution in [1.82, 2.24) is 19.7 Å². The van der Waals surface area contributed by atoms with Crippen LogP contribution in [-0.2, 0) is 4.74 Å². The van der Waals surface area contributed by atoms with Crippen LogP contribution >= 0.6 is 0 Å². The number of ether oxygens (including phenoxy) is 2. The van der Waals surface area contributed by atoms with Crippen LogP contribution < -0.4 is 10.4 Å². The molecular formula is C21H22N4O4. The molecule has 29 heavy (non-hydrogen) atoms. The molecule has 0 atom stereocenters. The first-order chi connectivity index (χ1) is 14.1. The van der Waals surface area contributed by atoms with Gasteiger partial charge in [0, 0.05) is 30.2 Å². The Morgan fingerprint density at radius 2 is 2.03 bits per heavy atom. The van der Waals surface area contributed by atoms with Crippen molar-refractivity contribution in [3.63, 3.8) is 0 Å². The molecule has 0 unspecified atom stereocenters. The summed E-state index contributed by atoms with van der Waals surface area (Å²) in [6.45, 7) is 5.10. The van der Waals surface area contributed by atoms with E-state index in [4.69, 9.17) is 14.0 Å². The zero-order valence-corrected chi connectivity index (χ0v) is 16.6. The summed E-state index contributed by atoms with van der Waals surface area (Å²) < 4.78 is 18.4. The Bertz CT molecular complexity index is 1260. The molecule has 3 aromatic heterocycles. The van der Waals surface area contributed by atoms with E-state index in [1.807, 2.05) is 30.5 Å². The number of rotatable bonds is 3. The van der Waals surface area contributed by atoms with Gasteiger partial charge in [-0.25, -0.2) is 4.79 Å². The van der Waals surface area contributed by atoms with Gasteiger partial charge in [0.2, 0.25) is 0 Å². The molecule has 8 heteroatoms. The second-order valence-electron chi connectivity index (χ2n) is 7.43. The van der Waals surface area contributed by atoms with Crippen LogP contribution in [0.25, 0.3) is 33.1 Å². The minimum Gasteiger partial charge on any atom is -0.496 e. The third kappa shape index (κ3) is 2.74. The fourth-order valence-electron chi connectivity index (χ4n) is 4.36. The lowest BCUT2D eigenvalue weighted by atomic mass is 10.00. The molecular weight excluding hydrogens is 372 g/mol. The molecule has 0 radical (unpaired) electrons. The average molecular weight is 394 g/mol. The highest BCUT2D eigenvalue weighted by atomic mass is 16.5. The van der Waals surface area contributed by atoms with Crippen LogP contribution in [0.2, 0.25) is 0 Å². The number of aryl methyl sites for hydroxylation is 2. The van der Waals surface area contributed by atoms with Crippen LogP contribution in [0.4, 0.5) is 0 Å². The van der Waals surface area contributed by atoms with Crippen molar-refractivity contribution >= 4 is 21.9 Å². The SMILES string of the molecule is COc1cc2c(cc1-c1c(C)noc1C)ncc1[nH]c(=O)n(C3CCOCC3)c12. The summed E-state index contributed by atoms with van der Waals surface area (Å²) in [5.41, 5.74) is 4.82. The highest BCUT2D eigenvalue weighted by molar-refractivity contribution is 6.04. The number of hydrogen-bond acceptors (Lipinski definition) is 6. The molecule has 150 valence electrons. The first-order valence-electron chi connectivity index (χ1n) is 9.70. The molecule has 1 aliphatic rings. The molecule has 4 aromatic rings. The van der Waals surface area contributed by atoms with E-state index in [2.05, 4.69) is 15.1 Å². The molecule has 1 aromatic carbocycles. The molecule has 1 N–H and O–H groups in total. The monoisotopic (exact) mass is 394 g/mol. The highest BCUT2D eigenvalue weighted by Gasteiger charge is 2.23. The quantitative estimate of drug-likeness (QED) is 0.571. The predicted octanol–water partition coefficient (Wildman–Crippen LogP) is 3.51.